The quantitative estimate of drug-likeness (QED) is 0.627. The van der Waals surface area contributed by atoms with Crippen molar-refractivity contribution in [3.8, 4) is 0 Å². The lowest BCUT2D eigenvalue weighted by atomic mass is 10.4. The van der Waals surface area contributed by atoms with E-state index in [-0.39, 0.29) is 5.82 Å². The summed E-state index contributed by atoms with van der Waals surface area (Å²) in [6.45, 7) is 0. The third-order valence-electron chi connectivity index (χ3n) is 1.02. The van der Waals surface area contributed by atoms with Crippen molar-refractivity contribution >= 4 is 17.7 Å². The summed E-state index contributed by atoms with van der Waals surface area (Å²) in [7, 11) is 0. The monoisotopic (exact) mass is 170 g/mol. The van der Waals surface area contributed by atoms with E-state index in [0.29, 0.717) is 0 Å². The molecule has 0 saturated carbocycles. The minimum atomic E-state index is -1.18. The van der Waals surface area contributed by atoms with Gasteiger partial charge in [0.25, 0.3) is 0 Å². The number of amides is 1. The van der Waals surface area contributed by atoms with Crippen LogP contribution in [0.2, 0.25) is 0 Å². The third-order valence-corrected chi connectivity index (χ3v) is 1.02. The summed E-state index contributed by atoms with van der Waals surface area (Å²) < 4.78 is 4.41. The second-order valence-corrected chi connectivity index (χ2v) is 2.00. The van der Waals surface area contributed by atoms with Crippen LogP contribution in [0, 0.1) is 0 Å². The zero-order valence-electron chi connectivity index (χ0n) is 5.98. The van der Waals surface area contributed by atoms with E-state index in [2.05, 4.69) is 15.0 Å². The molecule has 1 amide bonds. The number of hydrogen-bond donors (Lipinski definition) is 2. The first-order chi connectivity index (χ1) is 5.68. The fraction of sp³-hybridized carbons (Fsp3) is 0.167. The Labute approximate surface area is 67.2 Å². The molecule has 1 aromatic heterocycles. The Kier molecular flexibility index (Phi) is 2.42. The number of aromatic nitrogens is 1. The molecule has 2 N–H and O–H groups in total. The van der Waals surface area contributed by atoms with Crippen molar-refractivity contribution in [2.45, 2.75) is 6.42 Å². The van der Waals surface area contributed by atoms with E-state index in [1.807, 2.05) is 0 Å². The van der Waals surface area contributed by atoms with Crippen LogP contribution in [0.15, 0.2) is 16.9 Å². The Morgan fingerprint density at radius 1 is 1.67 bits per heavy atom. The van der Waals surface area contributed by atoms with Gasteiger partial charge in [-0.1, -0.05) is 5.16 Å². The molecule has 1 heterocycles. The van der Waals surface area contributed by atoms with Gasteiger partial charge < -0.3 is 14.9 Å². The largest absolute Gasteiger partial charge is 0.481 e. The predicted octanol–water partition coefficient (Wildman–Crippen LogP) is 0.0878. The summed E-state index contributed by atoms with van der Waals surface area (Å²) in [6.07, 6.45) is 0.698. The molecule has 6 nitrogen and oxygen atoms in total. The zero-order chi connectivity index (χ0) is 8.97. The molecule has 64 valence electrons. The number of aliphatic carboxylic acids is 1. The zero-order valence-corrected chi connectivity index (χ0v) is 5.98. The van der Waals surface area contributed by atoms with Crippen LogP contribution in [0.25, 0.3) is 0 Å². The summed E-state index contributed by atoms with van der Waals surface area (Å²) >= 11 is 0. The van der Waals surface area contributed by atoms with Gasteiger partial charge in [0.15, 0.2) is 5.82 Å². The van der Waals surface area contributed by atoms with Gasteiger partial charge in [-0.2, -0.15) is 0 Å². The highest BCUT2D eigenvalue weighted by Crippen LogP contribution is 2.01. The lowest BCUT2D eigenvalue weighted by molar-refractivity contribution is -0.139. The Morgan fingerprint density at radius 2 is 2.42 bits per heavy atom. The number of hydrogen-bond acceptors (Lipinski definition) is 4. The topological polar surface area (TPSA) is 92.4 Å². The number of rotatable bonds is 3. The van der Waals surface area contributed by atoms with Gasteiger partial charge in [0, 0.05) is 6.07 Å². The number of carbonyl (C=O) groups excluding carboxylic acids is 1. The van der Waals surface area contributed by atoms with Gasteiger partial charge in [0.05, 0.1) is 0 Å². The summed E-state index contributed by atoms with van der Waals surface area (Å²) in [5.74, 6) is -1.60. The molecule has 0 saturated heterocycles. The SMILES string of the molecule is O=C(O)CC(=O)Nc1ccon1. The minimum absolute atomic E-state index is 0.209. The van der Waals surface area contributed by atoms with Gasteiger partial charge in [-0.3, -0.25) is 9.59 Å². The molecule has 12 heavy (non-hydrogen) atoms. The molecule has 0 radical (unpaired) electrons. The second-order valence-electron chi connectivity index (χ2n) is 2.00. The van der Waals surface area contributed by atoms with Gasteiger partial charge in [-0.15, -0.1) is 0 Å². The van der Waals surface area contributed by atoms with Gasteiger partial charge in [-0.25, -0.2) is 0 Å². The average Bonchev–Trinajstić information content (AvgIpc) is 2.37. The Bertz CT molecular complexity index is 280. The molecule has 0 aliphatic carbocycles. The van der Waals surface area contributed by atoms with E-state index in [1.165, 1.54) is 12.3 Å². The molecule has 0 spiro atoms. The Hall–Kier alpha value is -1.85. The lowest BCUT2D eigenvalue weighted by Crippen LogP contribution is -2.15. The van der Waals surface area contributed by atoms with Crippen molar-refractivity contribution in [1.82, 2.24) is 5.16 Å². The highest BCUT2D eigenvalue weighted by Gasteiger charge is 2.08. The van der Waals surface area contributed by atoms with Crippen molar-refractivity contribution in [2.75, 3.05) is 5.32 Å². The summed E-state index contributed by atoms with van der Waals surface area (Å²) in [5, 5.41) is 13.8. The molecule has 0 aromatic carbocycles. The second kappa shape index (κ2) is 3.51. The highest BCUT2D eigenvalue weighted by molar-refractivity contribution is 6.00. The summed E-state index contributed by atoms with van der Waals surface area (Å²) in [6, 6.07) is 1.42. The number of nitrogens with zero attached hydrogens (tertiary/aromatic N) is 1. The van der Waals surface area contributed by atoms with Crippen molar-refractivity contribution in [1.29, 1.82) is 0 Å². The summed E-state index contributed by atoms with van der Waals surface area (Å²) in [5.41, 5.74) is 0. The fourth-order valence-corrected chi connectivity index (χ4v) is 0.601. The molecular weight excluding hydrogens is 164 g/mol. The van der Waals surface area contributed by atoms with Crippen LogP contribution in [-0.2, 0) is 9.59 Å². The van der Waals surface area contributed by atoms with Gasteiger partial charge >= 0.3 is 5.97 Å². The van der Waals surface area contributed by atoms with E-state index in [4.69, 9.17) is 5.11 Å². The predicted molar refractivity (Wildman–Crippen MR) is 37.4 cm³/mol. The summed E-state index contributed by atoms with van der Waals surface area (Å²) in [4.78, 5) is 20.8. The van der Waals surface area contributed by atoms with Crippen LogP contribution in [0.4, 0.5) is 5.82 Å². The van der Waals surface area contributed by atoms with E-state index in [0.717, 1.165) is 0 Å². The molecule has 0 atom stereocenters. The van der Waals surface area contributed by atoms with Crippen LogP contribution in [0.3, 0.4) is 0 Å². The maximum absolute atomic E-state index is 10.7. The normalized spacial score (nSPS) is 9.33. The number of carbonyl (C=O) groups is 2. The van der Waals surface area contributed by atoms with Crippen molar-refractivity contribution in [2.24, 2.45) is 0 Å². The van der Waals surface area contributed by atoms with Crippen LogP contribution in [-0.4, -0.2) is 22.1 Å². The molecule has 0 aliphatic rings. The van der Waals surface area contributed by atoms with Crippen LogP contribution in [0.1, 0.15) is 6.42 Å². The smallest absolute Gasteiger partial charge is 0.312 e. The Morgan fingerprint density at radius 3 is 2.92 bits per heavy atom. The van der Waals surface area contributed by atoms with Crippen LogP contribution in [0.5, 0.6) is 0 Å². The number of nitrogens with one attached hydrogen (secondary N) is 1. The number of anilines is 1. The number of carboxylic acids is 1. The fourth-order valence-electron chi connectivity index (χ4n) is 0.601. The van der Waals surface area contributed by atoms with Crippen molar-refractivity contribution in [3.05, 3.63) is 12.3 Å². The van der Waals surface area contributed by atoms with Crippen LogP contribution >= 0.6 is 0 Å². The molecule has 1 rings (SSSR count). The first-order valence-electron chi connectivity index (χ1n) is 3.10. The molecular formula is C6H6N2O4. The molecule has 0 fully saturated rings. The number of carboxylic acid groups (broad SMARTS) is 1. The van der Waals surface area contributed by atoms with Crippen molar-refractivity contribution in [3.63, 3.8) is 0 Å². The third kappa shape index (κ3) is 2.41. The molecule has 0 bridgehead atoms. The highest BCUT2D eigenvalue weighted by atomic mass is 16.5. The first kappa shape index (κ1) is 8.25. The van der Waals surface area contributed by atoms with E-state index in [1.54, 1.807) is 0 Å². The molecule has 0 aliphatic heterocycles. The first-order valence-corrected chi connectivity index (χ1v) is 3.10. The minimum Gasteiger partial charge on any atom is -0.481 e. The van der Waals surface area contributed by atoms with E-state index in [9.17, 15) is 9.59 Å². The average molecular weight is 170 g/mol. The molecule has 6 heteroatoms. The van der Waals surface area contributed by atoms with E-state index < -0.39 is 18.3 Å². The van der Waals surface area contributed by atoms with Crippen molar-refractivity contribution < 1.29 is 19.2 Å². The Balaban J connectivity index is 2.42. The van der Waals surface area contributed by atoms with Crippen LogP contribution < -0.4 is 5.32 Å². The van der Waals surface area contributed by atoms with Gasteiger partial charge in [-0.05, 0) is 0 Å². The van der Waals surface area contributed by atoms with Gasteiger partial charge in [0.2, 0.25) is 5.91 Å². The maximum atomic E-state index is 10.7. The van der Waals surface area contributed by atoms with Gasteiger partial charge in [0.1, 0.15) is 12.7 Å². The standard InChI is InChI=1S/C6H6N2O4/c9-5(3-6(10)11)7-4-1-2-12-8-4/h1-2H,3H2,(H,10,11)(H,7,8,9). The van der Waals surface area contributed by atoms with E-state index >= 15 is 0 Å². The molecule has 1 aromatic rings. The lowest BCUT2D eigenvalue weighted by Gasteiger charge is -1.95. The molecule has 0 unspecified atom stereocenters. The maximum Gasteiger partial charge on any atom is 0.312 e.